The summed E-state index contributed by atoms with van der Waals surface area (Å²) < 4.78 is 1.13. The van der Waals surface area contributed by atoms with Gasteiger partial charge in [0.15, 0.2) is 0 Å². The number of benzene rings is 1. The molecule has 3 aromatic rings. The van der Waals surface area contributed by atoms with Crippen molar-refractivity contribution in [1.29, 1.82) is 0 Å². The Labute approximate surface area is 168 Å². The number of aromatic nitrogens is 2. The molecule has 0 aliphatic heterocycles. The highest BCUT2D eigenvalue weighted by molar-refractivity contribution is 7.20. The van der Waals surface area contributed by atoms with Crippen molar-refractivity contribution >= 4 is 45.1 Å². The highest BCUT2D eigenvalue weighted by Gasteiger charge is 2.34. The quantitative estimate of drug-likeness (QED) is 0.653. The lowest BCUT2D eigenvalue weighted by molar-refractivity contribution is -0.146. The Balaban J connectivity index is 2.36. The summed E-state index contributed by atoms with van der Waals surface area (Å²) in [5.74, 6) is -2.12. The first-order valence-electron chi connectivity index (χ1n) is 8.30. The number of hydrogen-bond acceptors (Lipinski definition) is 5. The average molecular weight is 421 g/mol. The second kappa shape index (κ2) is 7.03. The fourth-order valence-electron chi connectivity index (χ4n) is 3.05. The molecule has 2 N–H and O–H groups in total. The van der Waals surface area contributed by atoms with E-state index in [-0.39, 0.29) is 32.9 Å². The van der Waals surface area contributed by atoms with Gasteiger partial charge in [0.2, 0.25) is 0 Å². The second-order valence-corrected chi connectivity index (χ2v) is 8.32. The number of aliphatic carboxylic acids is 1. The third-order valence-electron chi connectivity index (χ3n) is 4.56. The molecule has 0 amide bonds. The van der Waals surface area contributed by atoms with Gasteiger partial charge >= 0.3 is 11.9 Å². The minimum absolute atomic E-state index is 0.0131. The zero-order valence-corrected chi connectivity index (χ0v) is 16.9. The zero-order valence-electron chi connectivity index (χ0n) is 15.3. The molecule has 0 spiro atoms. The van der Waals surface area contributed by atoms with E-state index in [1.807, 2.05) is 0 Å². The predicted molar refractivity (Wildman–Crippen MR) is 107 cm³/mol. The van der Waals surface area contributed by atoms with Crippen molar-refractivity contribution in [3.63, 3.8) is 0 Å². The lowest BCUT2D eigenvalue weighted by atomic mass is 10.0. The largest absolute Gasteiger partial charge is 0.480 e. The van der Waals surface area contributed by atoms with E-state index in [2.05, 4.69) is 4.98 Å². The van der Waals surface area contributed by atoms with Gasteiger partial charge in [-0.05, 0) is 44.0 Å². The van der Waals surface area contributed by atoms with Gasteiger partial charge in [-0.1, -0.05) is 23.7 Å². The van der Waals surface area contributed by atoms with Crippen LogP contribution in [0.3, 0.4) is 0 Å². The molecule has 0 bridgehead atoms. The number of thiophene rings is 1. The predicted octanol–water partition coefficient (Wildman–Crippen LogP) is 3.53. The number of aryl methyl sites for hydroxylation is 1. The smallest absolute Gasteiger partial charge is 0.346 e. The van der Waals surface area contributed by atoms with Crippen LogP contribution in [0.25, 0.3) is 10.2 Å². The van der Waals surface area contributed by atoms with Crippen LogP contribution in [0.4, 0.5) is 0 Å². The van der Waals surface area contributed by atoms with Gasteiger partial charge in [0.25, 0.3) is 5.56 Å². The fraction of sp³-hybridized carbons (Fsp3) is 0.263. The number of fused-ring (bicyclic) bond motifs is 1. The summed E-state index contributed by atoms with van der Waals surface area (Å²) in [6, 6.07) is 6.96. The van der Waals surface area contributed by atoms with E-state index in [0.29, 0.717) is 5.02 Å². The number of halogens is 1. The molecule has 3 rings (SSSR count). The van der Waals surface area contributed by atoms with Crippen molar-refractivity contribution < 1.29 is 19.8 Å². The van der Waals surface area contributed by atoms with E-state index in [9.17, 15) is 24.6 Å². The van der Waals surface area contributed by atoms with Crippen LogP contribution >= 0.6 is 22.9 Å². The van der Waals surface area contributed by atoms with Crippen LogP contribution in [-0.2, 0) is 16.8 Å². The lowest BCUT2D eigenvalue weighted by Gasteiger charge is -2.25. The van der Waals surface area contributed by atoms with Crippen LogP contribution < -0.4 is 5.56 Å². The first kappa shape index (κ1) is 20.0. The van der Waals surface area contributed by atoms with Crippen molar-refractivity contribution in [2.24, 2.45) is 0 Å². The summed E-state index contributed by atoms with van der Waals surface area (Å²) in [6.45, 7) is 4.34. The molecule has 2 heterocycles. The molecule has 9 heteroatoms. The first-order valence-corrected chi connectivity index (χ1v) is 9.50. The van der Waals surface area contributed by atoms with Gasteiger partial charge in [0.1, 0.15) is 21.1 Å². The minimum atomic E-state index is -1.58. The molecule has 0 unspecified atom stereocenters. The van der Waals surface area contributed by atoms with E-state index >= 15 is 0 Å². The number of carboxylic acid groups (broad SMARTS) is 2. The SMILES string of the molecule is Cc1c(C(=O)O)sc2nc(Cc3cccc(Cl)c3)n(C(C)(C)C(=O)O)c(=O)c12. The maximum absolute atomic E-state index is 13.3. The van der Waals surface area contributed by atoms with Gasteiger partial charge in [-0.25, -0.2) is 14.6 Å². The van der Waals surface area contributed by atoms with E-state index in [1.165, 1.54) is 20.8 Å². The molecule has 0 fully saturated rings. The Morgan fingerprint density at radius 2 is 1.96 bits per heavy atom. The highest BCUT2D eigenvalue weighted by Crippen LogP contribution is 2.29. The van der Waals surface area contributed by atoms with Gasteiger partial charge in [-0.3, -0.25) is 9.36 Å². The Hall–Kier alpha value is -2.71. The van der Waals surface area contributed by atoms with E-state index < -0.39 is 23.0 Å². The molecule has 0 aliphatic carbocycles. The maximum Gasteiger partial charge on any atom is 0.346 e. The molecular weight excluding hydrogens is 404 g/mol. The topological polar surface area (TPSA) is 109 Å². The molecule has 146 valence electrons. The van der Waals surface area contributed by atoms with Crippen molar-refractivity contribution in [2.75, 3.05) is 0 Å². The summed E-state index contributed by atoms with van der Waals surface area (Å²) in [5.41, 5.74) is -1.12. The van der Waals surface area contributed by atoms with Gasteiger partial charge < -0.3 is 10.2 Å². The van der Waals surface area contributed by atoms with Crippen molar-refractivity contribution in [2.45, 2.75) is 32.7 Å². The monoisotopic (exact) mass is 420 g/mol. The second-order valence-electron chi connectivity index (χ2n) is 6.88. The molecule has 2 aromatic heterocycles. The van der Waals surface area contributed by atoms with Crippen molar-refractivity contribution in [1.82, 2.24) is 9.55 Å². The zero-order chi connectivity index (χ0) is 20.8. The van der Waals surface area contributed by atoms with Gasteiger partial charge in [-0.2, -0.15) is 0 Å². The Morgan fingerprint density at radius 3 is 2.54 bits per heavy atom. The number of hydrogen-bond donors (Lipinski definition) is 2. The van der Waals surface area contributed by atoms with E-state index in [1.54, 1.807) is 24.3 Å². The minimum Gasteiger partial charge on any atom is -0.480 e. The van der Waals surface area contributed by atoms with Crippen LogP contribution in [0.15, 0.2) is 29.1 Å². The van der Waals surface area contributed by atoms with Gasteiger partial charge in [0.05, 0.1) is 5.39 Å². The molecular formula is C19H17ClN2O5S. The highest BCUT2D eigenvalue weighted by atomic mass is 35.5. The average Bonchev–Trinajstić information content (AvgIpc) is 2.91. The van der Waals surface area contributed by atoms with Crippen molar-refractivity contribution in [3.05, 3.63) is 61.5 Å². The molecule has 1 aromatic carbocycles. The third kappa shape index (κ3) is 3.29. The number of aromatic carboxylic acids is 1. The summed E-state index contributed by atoms with van der Waals surface area (Å²) in [5, 5.41) is 19.7. The van der Waals surface area contributed by atoms with Crippen LogP contribution in [0, 0.1) is 6.92 Å². The van der Waals surface area contributed by atoms with Gasteiger partial charge in [-0.15, -0.1) is 11.3 Å². The molecule has 7 nitrogen and oxygen atoms in total. The molecule has 0 aliphatic rings. The number of carboxylic acids is 2. The Morgan fingerprint density at radius 1 is 1.29 bits per heavy atom. The molecule has 0 saturated carbocycles. The van der Waals surface area contributed by atoms with Crippen molar-refractivity contribution in [3.8, 4) is 0 Å². The van der Waals surface area contributed by atoms with Crippen LogP contribution in [0.1, 0.15) is 40.5 Å². The first-order chi connectivity index (χ1) is 13.0. The van der Waals surface area contributed by atoms with Crippen LogP contribution in [0.2, 0.25) is 5.02 Å². The number of rotatable bonds is 5. The van der Waals surface area contributed by atoms with Crippen LogP contribution in [0.5, 0.6) is 0 Å². The Bertz CT molecular complexity index is 1180. The van der Waals surface area contributed by atoms with E-state index in [0.717, 1.165) is 21.5 Å². The molecule has 0 atom stereocenters. The molecule has 28 heavy (non-hydrogen) atoms. The number of carbonyl (C=O) groups is 2. The lowest BCUT2D eigenvalue weighted by Crippen LogP contribution is -2.45. The normalized spacial score (nSPS) is 11.7. The summed E-state index contributed by atoms with van der Waals surface area (Å²) in [6.07, 6.45) is 0.168. The van der Waals surface area contributed by atoms with E-state index in [4.69, 9.17) is 11.6 Å². The molecule has 0 saturated heterocycles. The van der Waals surface area contributed by atoms with Crippen LogP contribution in [-0.4, -0.2) is 31.7 Å². The summed E-state index contributed by atoms with van der Waals surface area (Å²) in [7, 11) is 0. The number of nitrogens with zero attached hydrogens (tertiary/aromatic N) is 2. The standard InChI is InChI=1S/C19H17ClN2O5S/c1-9-13-15(28-14(9)17(24)25)21-12(8-10-5-4-6-11(20)7-10)22(16(13)23)19(2,3)18(26)27/h4-7H,8H2,1-3H3,(H,24,25)(H,26,27). The third-order valence-corrected chi connectivity index (χ3v) is 5.97. The molecule has 0 radical (unpaired) electrons. The Kier molecular flexibility index (Phi) is 5.03. The van der Waals surface area contributed by atoms with Gasteiger partial charge in [0, 0.05) is 11.4 Å². The maximum atomic E-state index is 13.3. The summed E-state index contributed by atoms with van der Waals surface area (Å²) in [4.78, 5) is 41.4. The fourth-order valence-corrected chi connectivity index (χ4v) is 4.29. The summed E-state index contributed by atoms with van der Waals surface area (Å²) >= 11 is 6.93.